The summed E-state index contributed by atoms with van der Waals surface area (Å²) in [4.78, 5) is 27.2. The van der Waals surface area contributed by atoms with Crippen LogP contribution in [0, 0.1) is 5.82 Å². The molecule has 1 aromatic carbocycles. The van der Waals surface area contributed by atoms with E-state index in [0.29, 0.717) is 36.3 Å². The van der Waals surface area contributed by atoms with Gasteiger partial charge in [-0.1, -0.05) is 6.58 Å². The van der Waals surface area contributed by atoms with Crippen molar-refractivity contribution in [2.75, 3.05) is 18.8 Å². The first-order chi connectivity index (χ1) is 17.5. The van der Waals surface area contributed by atoms with Crippen LogP contribution in [0.15, 0.2) is 61.4 Å². The molecule has 0 bridgehead atoms. The van der Waals surface area contributed by atoms with Crippen molar-refractivity contribution < 1.29 is 13.9 Å². The summed E-state index contributed by atoms with van der Waals surface area (Å²) in [6, 6.07) is 10.4. The summed E-state index contributed by atoms with van der Waals surface area (Å²) in [5.41, 5.74) is 9.52. The van der Waals surface area contributed by atoms with Crippen LogP contribution in [0.4, 0.5) is 10.3 Å². The first-order valence-electron chi connectivity index (χ1n) is 12.0. The highest BCUT2D eigenvalue weighted by Gasteiger charge is 2.30. The van der Waals surface area contributed by atoms with Gasteiger partial charge in [0.25, 0.3) is 0 Å². The summed E-state index contributed by atoms with van der Waals surface area (Å²) in [6.07, 6.45) is 7.73. The number of carbonyl (C=O) groups is 1. The maximum atomic E-state index is 15.2. The van der Waals surface area contributed by atoms with Gasteiger partial charge in [-0.15, -0.1) is 0 Å². The molecule has 8 nitrogen and oxygen atoms in total. The SMILES string of the molecule is C=CC(=O)N1CCC(c2nc(-c3ccc(Oc4cc(C5CC5)ccn4)c(F)c3)n3c(N)nccc23)C1. The molecule has 6 rings (SSSR count). The molecule has 1 amide bonds. The number of benzene rings is 1. The minimum Gasteiger partial charge on any atom is -0.436 e. The number of anilines is 1. The largest absolute Gasteiger partial charge is 0.436 e. The molecule has 3 aromatic heterocycles. The lowest BCUT2D eigenvalue weighted by molar-refractivity contribution is -0.125. The van der Waals surface area contributed by atoms with Gasteiger partial charge in [-0.2, -0.15) is 0 Å². The van der Waals surface area contributed by atoms with E-state index in [9.17, 15) is 4.79 Å². The number of aromatic nitrogens is 4. The number of amides is 1. The Hall–Kier alpha value is -4.27. The Morgan fingerprint density at radius 1 is 1.11 bits per heavy atom. The third kappa shape index (κ3) is 3.96. The topological polar surface area (TPSA) is 98.6 Å². The molecule has 4 aromatic rings. The van der Waals surface area contributed by atoms with Gasteiger partial charge in [-0.25, -0.2) is 19.3 Å². The number of hydrogen-bond acceptors (Lipinski definition) is 6. The highest BCUT2D eigenvalue weighted by Crippen LogP contribution is 2.41. The minimum absolute atomic E-state index is 0.0247. The molecular weight excluding hydrogens is 459 g/mol. The monoisotopic (exact) mass is 484 g/mol. The second kappa shape index (κ2) is 8.75. The van der Waals surface area contributed by atoms with Crippen molar-refractivity contribution in [2.24, 2.45) is 0 Å². The number of nitrogens with zero attached hydrogens (tertiary/aromatic N) is 5. The lowest BCUT2D eigenvalue weighted by Crippen LogP contribution is -2.26. The lowest BCUT2D eigenvalue weighted by Gasteiger charge is -2.13. The zero-order valence-corrected chi connectivity index (χ0v) is 19.6. The molecule has 2 fully saturated rings. The number of ether oxygens (including phenoxy) is 1. The van der Waals surface area contributed by atoms with Crippen LogP contribution in [0.5, 0.6) is 11.6 Å². The van der Waals surface area contributed by atoms with Gasteiger partial charge >= 0.3 is 0 Å². The number of fused-ring (bicyclic) bond motifs is 1. The Morgan fingerprint density at radius 2 is 1.94 bits per heavy atom. The summed E-state index contributed by atoms with van der Waals surface area (Å²) in [5, 5.41) is 0. The van der Waals surface area contributed by atoms with Gasteiger partial charge < -0.3 is 15.4 Å². The van der Waals surface area contributed by atoms with E-state index in [0.717, 1.165) is 36.0 Å². The van der Waals surface area contributed by atoms with E-state index in [1.807, 2.05) is 18.2 Å². The predicted octanol–water partition coefficient (Wildman–Crippen LogP) is 4.68. The summed E-state index contributed by atoms with van der Waals surface area (Å²) in [5.74, 6) is 1.13. The van der Waals surface area contributed by atoms with Gasteiger partial charge in [0, 0.05) is 43.0 Å². The Bertz CT molecular complexity index is 1500. The van der Waals surface area contributed by atoms with E-state index in [1.165, 1.54) is 12.1 Å². The van der Waals surface area contributed by atoms with Gasteiger partial charge in [-0.3, -0.25) is 9.20 Å². The summed E-state index contributed by atoms with van der Waals surface area (Å²) < 4.78 is 22.7. The quantitative estimate of drug-likeness (QED) is 0.399. The number of imidazole rings is 1. The number of carbonyl (C=O) groups excluding carboxylic acids is 1. The van der Waals surface area contributed by atoms with E-state index < -0.39 is 5.82 Å². The summed E-state index contributed by atoms with van der Waals surface area (Å²) in [7, 11) is 0. The van der Waals surface area contributed by atoms with Crippen LogP contribution in [-0.2, 0) is 4.79 Å². The zero-order valence-electron chi connectivity index (χ0n) is 19.6. The third-order valence-corrected chi connectivity index (χ3v) is 6.88. The Morgan fingerprint density at radius 3 is 2.72 bits per heavy atom. The maximum Gasteiger partial charge on any atom is 0.245 e. The van der Waals surface area contributed by atoms with E-state index >= 15 is 4.39 Å². The second-order valence-electron chi connectivity index (χ2n) is 9.27. The molecule has 9 heteroatoms. The fraction of sp³-hybridized carbons (Fsp3) is 0.259. The van der Waals surface area contributed by atoms with Crippen molar-refractivity contribution in [3.63, 3.8) is 0 Å². The molecule has 2 N–H and O–H groups in total. The predicted molar refractivity (Wildman–Crippen MR) is 133 cm³/mol. The Kier molecular flexibility index (Phi) is 5.40. The van der Waals surface area contributed by atoms with E-state index in [1.54, 1.807) is 33.8 Å². The first-order valence-corrected chi connectivity index (χ1v) is 12.0. The minimum atomic E-state index is -0.532. The molecule has 36 heavy (non-hydrogen) atoms. The molecule has 1 saturated heterocycles. The maximum absolute atomic E-state index is 15.2. The number of hydrogen-bond donors (Lipinski definition) is 1. The van der Waals surface area contributed by atoms with Crippen molar-refractivity contribution in [1.29, 1.82) is 0 Å². The van der Waals surface area contributed by atoms with Crippen molar-refractivity contribution >= 4 is 17.4 Å². The number of nitrogen functional groups attached to an aromatic ring is 1. The molecule has 1 atom stereocenters. The molecule has 182 valence electrons. The highest BCUT2D eigenvalue weighted by molar-refractivity contribution is 5.87. The molecule has 1 unspecified atom stereocenters. The molecule has 1 aliphatic carbocycles. The van der Waals surface area contributed by atoms with Gasteiger partial charge in [-0.05, 0) is 67.2 Å². The molecule has 1 saturated carbocycles. The molecule has 0 spiro atoms. The van der Waals surface area contributed by atoms with Gasteiger partial charge in [0.1, 0.15) is 5.82 Å². The molecular formula is C27H25FN6O2. The van der Waals surface area contributed by atoms with Crippen molar-refractivity contribution in [3.05, 3.63) is 78.5 Å². The van der Waals surface area contributed by atoms with Crippen LogP contribution < -0.4 is 10.5 Å². The van der Waals surface area contributed by atoms with Crippen molar-refractivity contribution in [3.8, 4) is 23.0 Å². The number of halogens is 1. The fourth-order valence-corrected chi connectivity index (χ4v) is 4.88. The highest BCUT2D eigenvalue weighted by atomic mass is 19.1. The van der Waals surface area contributed by atoms with Gasteiger partial charge in [0.2, 0.25) is 17.7 Å². The van der Waals surface area contributed by atoms with Crippen molar-refractivity contribution in [1.82, 2.24) is 24.3 Å². The Labute approximate surface area is 207 Å². The molecule has 0 radical (unpaired) electrons. The molecule has 1 aliphatic heterocycles. The Balaban J connectivity index is 1.33. The summed E-state index contributed by atoms with van der Waals surface area (Å²) in [6.45, 7) is 4.74. The fourth-order valence-electron chi connectivity index (χ4n) is 4.88. The van der Waals surface area contributed by atoms with Crippen LogP contribution >= 0.6 is 0 Å². The summed E-state index contributed by atoms with van der Waals surface area (Å²) >= 11 is 0. The number of likely N-dealkylation sites (tertiary alicyclic amines) is 1. The van der Waals surface area contributed by atoms with E-state index in [-0.39, 0.29) is 23.5 Å². The van der Waals surface area contributed by atoms with Gasteiger partial charge in [0.05, 0.1) is 11.2 Å². The van der Waals surface area contributed by atoms with E-state index in [4.69, 9.17) is 15.5 Å². The van der Waals surface area contributed by atoms with E-state index in [2.05, 4.69) is 16.5 Å². The molecule has 4 heterocycles. The van der Waals surface area contributed by atoms with Gasteiger partial charge in [0.15, 0.2) is 11.6 Å². The lowest BCUT2D eigenvalue weighted by atomic mass is 10.0. The normalized spacial score (nSPS) is 17.5. The average Bonchev–Trinajstić information content (AvgIpc) is 3.49. The third-order valence-electron chi connectivity index (χ3n) is 6.88. The number of nitrogens with two attached hydrogens (primary N) is 1. The van der Waals surface area contributed by atoms with Crippen LogP contribution in [0.3, 0.4) is 0 Å². The van der Waals surface area contributed by atoms with Crippen LogP contribution in [0.25, 0.3) is 16.9 Å². The number of rotatable bonds is 6. The van der Waals surface area contributed by atoms with Crippen molar-refractivity contribution in [2.45, 2.75) is 31.1 Å². The smallest absolute Gasteiger partial charge is 0.245 e. The zero-order chi connectivity index (χ0) is 24.8. The first kappa shape index (κ1) is 22.2. The standard InChI is InChI=1S/C27H25FN6O2/c1-2-24(35)33-12-9-19(15-33)25-21-8-11-31-27(29)34(21)26(32-25)18-5-6-22(20(28)13-18)36-23-14-17(7-10-30-23)16-3-4-16/h2,5-8,10-11,13-14,16,19H,1,3-4,9,12,15H2,(H2,29,31). The average molecular weight is 485 g/mol. The van der Waals surface area contributed by atoms with Crippen LogP contribution in [0.1, 0.15) is 42.4 Å². The molecule has 2 aliphatic rings. The van der Waals surface area contributed by atoms with Crippen LogP contribution in [0.2, 0.25) is 0 Å². The second-order valence-corrected chi connectivity index (χ2v) is 9.27. The van der Waals surface area contributed by atoms with Crippen LogP contribution in [-0.4, -0.2) is 43.2 Å². The number of pyridine rings is 1.